The molecule has 4 aromatic carbocycles. The van der Waals surface area contributed by atoms with Gasteiger partial charge < -0.3 is 4.74 Å². The predicted octanol–water partition coefficient (Wildman–Crippen LogP) is 7.85. The summed E-state index contributed by atoms with van der Waals surface area (Å²) >= 11 is 7.57. The molecule has 5 aromatic rings. The molecule has 0 saturated carbocycles. The molecule has 0 unspecified atom stereocenters. The molecule has 1 amide bonds. The topological polar surface area (TPSA) is 51.2 Å². The molecule has 1 aromatic heterocycles. The van der Waals surface area contributed by atoms with E-state index in [1.54, 1.807) is 6.08 Å². The number of halogens is 1. The van der Waals surface area contributed by atoms with E-state index in [1.165, 1.54) is 22.8 Å². The SMILES string of the molecule is O=C(/C=C/c1ccc(OCc2ccccc2Cl)cc1)Nc1nc(-c2ccc3ccccc3c2)cs1. The fraction of sp³-hybridized carbons (Fsp3) is 0.0345. The largest absolute Gasteiger partial charge is 0.489 e. The molecule has 172 valence electrons. The van der Waals surface area contributed by atoms with E-state index in [0.29, 0.717) is 16.8 Å². The molecule has 35 heavy (non-hydrogen) atoms. The minimum Gasteiger partial charge on any atom is -0.489 e. The van der Waals surface area contributed by atoms with Gasteiger partial charge in [-0.2, -0.15) is 0 Å². The van der Waals surface area contributed by atoms with E-state index in [4.69, 9.17) is 16.3 Å². The number of hydrogen-bond donors (Lipinski definition) is 1. The Bertz CT molecular complexity index is 1510. The van der Waals surface area contributed by atoms with Gasteiger partial charge in [0, 0.05) is 27.6 Å². The molecular formula is C29H21ClN2O2S. The number of carbonyl (C=O) groups is 1. The summed E-state index contributed by atoms with van der Waals surface area (Å²) in [6.45, 7) is 0.395. The average Bonchev–Trinajstić information content (AvgIpc) is 3.36. The van der Waals surface area contributed by atoms with E-state index in [2.05, 4.69) is 34.6 Å². The minimum absolute atomic E-state index is 0.233. The van der Waals surface area contributed by atoms with Crippen molar-refractivity contribution in [1.29, 1.82) is 0 Å². The second kappa shape index (κ2) is 10.6. The quantitative estimate of drug-likeness (QED) is 0.233. The molecule has 0 atom stereocenters. The van der Waals surface area contributed by atoms with Crippen molar-refractivity contribution in [2.75, 3.05) is 5.32 Å². The zero-order valence-electron chi connectivity index (χ0n) is 18.6. The summed E-state index contributed by atoms with van der Waals surface area (Å²) in [4.78, 5) is 17.0. The molecular weight excluding hydrogens is 476 g/mol. The van der Waals surface area contributed by atoms with Gasteiger partial charge in [-0.3, -0.25) is 10.1 Å². The number of nitrogens with zero attached hydrogens (tertiary/aromatic N) is 1. The molecule has 5 rings (SSSR count). The van der Waals surface area contributed by atoms with Crippen LogP contribution >= 0.6 is 22.9 Å². The summed E-state index contributed by atoms with van der Waals surface area (Å²) in [5.74, 6) is 0.499. The Morgan fingerprint density at radius 2 is 1.71 bits per heavy atom. The number of hydrogen-bond acceptors (Lipinski definition) is 4. The van der Waals surface area contributed by atoms with Gasteiger partial charge in [-0.1, -0.05) is 78.3 Å². The minimum atomic E-state index is -0.233. The third kappa shape index (κ3) is 5.77. The Hall–Kier alpha value is -3.93. The highest BCUT2D eigenvalue weighted by Crippen LogP contribution is 2.28. The normalized spacial score (nSPS) is 11.1. The summed E-state index contributed by atoms with van der Waals surface area (Å²) in [5.41, 5.74) is 3.68. The average molecular weight is 497 g/mol. The lowest BCUT2D eigenvalue weighted by atomic mass is 10.1. The van der Waals surface area contributed by atoms with Crippen LogP contribution in [0.1, 0.15) is 11.1 Å². The number of rotatable bonds is 7. The molecule has 0 saturated heterocycles. The third-order valence-electron chi connectivity index (χ3n) is 5.44. The zero-order chi connectivity index (χ0) is 24.0. The number of nitrogens with one attached hydrogen (secondary N) is 1. The van der Waals surface area contributed by atoms with Crippen molar-refractivity contribution in [1.82, 2.24) is 4.98 Å². The molecule has 1 heterocycles. The Balaban J connectivity index is 1.17. The first kappa shape index (κ1) is 22.8. The molecule has 0 radical (unpaired) electrons. The van der Waals surface area contributed by atoms with E-state index in [-0.39, 0.29) is 5.91 Å². The van der Waals surface area contributed by atoms with Crippen LogP contribution in [0.25, 0.3) is 28.1 Å². The van der Waals surface area contributed by atoms with Crippen molar-refractivity contribution in [2.45, 2.75) is 6.61 Å². The monoisotopic (exact) mass is 496 g/mol. The van der Waals surface area contributed by atoms with Gasteiger partial charge in [0.1, 0.15) is 12.4 Å². The summed E-state index contributed by atoms with van der Waals surface area (Å²) < 4.78 is 5.80. The second-order valence-electron chi connectivity index (χ2n) is 7.87. The molecule has 0 bridgehead atoms. The Morgan fingerprint density at radius 1 is 0.943 bits per heavy atom. The van der Waals surface area contributed by atoms with Crippen LogP contribution in [0.3, 0.4) is 0 Å². The van der Waals surface area contributed by atoms with Gasteiger partial charge in [0.25, 0.3) is 0 Å². The van der Waals surface area contributed by atoms with Crippen LogP contribution in [0.15, 0.2) is 102 Å². The maximum atomic E-state index is 12.4. The van der Waals surface area contributed by atoms with Gasteiger partial charge in [0.15, 0.2) is 5.13 Å². The van der Waals surface area contributed by atoms with Crippen molar-refractivity contribution in [3.8, 4) is 17.0 Å². The highest BCUT2D eigenvalue weighted by atomic mass is 35.5. The molecule has 0 aliphatic heterocycles. The predicted molar refractivity (Wildman–Crippen MR) is 145 cm³/mol. The van der Waals surface area contributed by atoms with E-state index >= 15 is 0 Å². The van der Waals surface area contributed by atoms with Crippen LogP contribution in [-0.2, 0) is 11.4 Å². The molecule has 0 aliphatic carbocycles. The number of aromatic nitrogens is 1. The van der Waals surface area contributed by atoms with Crippen LogP contribution in [0.4, 0.5) is 5.13 Å². The van der Waals surface area contributed by atoms with E-state index < -0.39 is 0 Å². The molecule has 0 spiro atoms. The molecule has 0 aliphatic rings. The molecule has 6 heteroatoms. The van der Waals surface area contributed by atoms with E-state index in [9.17, 15) is 4.79 Å². The molecule has 0 fully saturated rings. The first-order valence-corrected chi connectivity index (χ1v) is 12.3. The number of anilines is 1. The van der Waals surface area contributed by atoms with Gasteiger partial charge in [0.2, 0.25) is 5.91 Å². The lowest BCUT2D eigenvalue weighted by Gasteiger charge is -2.07. The van der Waals surface area contributed by atoms with Crippen molar-refractivity contribution < 1.29 is 9.53 Å². The second-order valence-corrected chi connectivity index (χ2v) is 9.14. The van der Waals surface area contributed by atoms with Crippen LogP contribution in [-0.4, -0.2) is 10.9 Å². The number of carbonyl (C=O) groups excluding carboxylic acids is 1. The van der Waals surface area contributed by atoms with Crippen molar-refractivity contribution >= 4 is 50.8 Å². The van der Waals surface area contributed by atoms with E-state index in [1.807, 2.05) is 72.1 Å². The number of ether oxygens (including phenoxy) is 1. The maximum absolute atomic E-state index is 12.4. The molecule has 1 N–H and O–H groups in total. The smallest absolute Gasteiger partial charge is 0.250 e. The number of benzene rings is 4. The summed E-state index contributed by atoms with van der Waals surface area (Å²) in [6, 6.07) is 29.6. The van der Waals surface area contributed by atoms with Gasteiger partial charge in [-0.25, -0.2) is 4.98 Å². The van der Waals surface area contributed by atoms with Crippen LogP contribution in [0.5, 0.6) is 5.75 Å². The third-order valence-corrected chi connectivity index (χ3v) is 6.57. The van der Waals surface area contributed by atoms with Crippen molar-refractivity contribution in [2.24, 2.45) is 0 Å². The Labute approximate surface area is 212 Å². The van der Waals surface area contributed by atoms with Gasteiger partial charge >= 0.3 is 0 Å². The standard InChI is InChI=1S/C29H21ClN2O2S/c30-26-8-4-3-7-24(26)18-34-25-14-9-20(10-15-25)11-16-28(33)32-29-31-27(19-35-29)23-13-12-21-5-1-2-6-22(21)17-23/h1-17,19H,18H2,(H,31,32,33)/b16-11+. The number of thiazole rings is 1. The fourth-order valence-corrected chi connectivity index (χ4v) is 4.50. The first-order valence-electron chi connectivity index (χ1n) is 11.0. The highest BCUT2D eigenvalue weighted by molar-refractivity contribution is 7.14. The van der Waals surface area contributed by atoms with Gasteiger partial charge in [-0.15, -0.1) is 11.3 Å². The molecule has 4 nitrogen and oxygen atoms in total. The summed E-state index contributed by atoms with van der Waals surface area (Å²) in [6.07, 6.45) is 3.25. The number of fused-ring (bicyclic) bond motifs is 1. The van der Waals surface area contributed by atoms with Crippen LogP contribution in [0.2, 0.25) is 5.02 Å². The van der Waals surface area contributed by atoms with Crippen molar-refractivity contribution in [3.05, 3.63) is 119 Å². The first-order chi connectivity index (χ1) is 17.1. The van der Waals surface area contributed by atoms with Crippen molar-refractivity contribution in [3.63, 3.8) is 0 Å². The fourth-order valence-electron chi connectivity index (χ4n) is 3.58. The van der Waals surface area contributed by atoms with Crippen LogP contribution < -0.4 is 10.1 Å². The summed E-state index contributed by atoms with van der Waals surface area (Å²) in [7, 11) is 0. The van der Waals surface area contributed by atoms with Gasteiger partial charge in [0.05, 0.1) is 5.69 Å². The lowest BCUT2D eigenvalue weighted by Crippen LogP contribution is -2.07. The van der Waals surface area contributed by atoms with Gasteiger partial charge in [-0.05, 0) is 46.7 Å². The Kier molecular flexibility index (Phi) is 6.89. The van der Waals surface area contributed by atoms with Crippen LogP contribution in [0, 0.1) is 0 Å². The Morgan fingerprint density at radius 3 is 2.54 bits per heavy atom. The summed E-state index contributed by atoms with van der Waals surface area (Å²) in [5, 5.41) is 8.38. The maximum Gasteiger partial charge on any atom is 0.250 e. The highest BCUT2D eigenvalue weighted by Gasteiger charge is 2.07. The van der Waals surface area contributed by atoms with E-state index in [0.717, 1.165) is 33.5 Å². The zero-order valence-corrected chi connectivity index (χ0v) is 20.2. The lowest BCUT2D eigenvalue weighted by molar-refractivity contribution is -0.111. The number of amides is 1.